The van der Waals surface area contributed by atoms with E-state index in [-0.39, 0.29) is 0 Å². The molecular formula is C19H18O3. The van der Waals surface area contributed by atoms with Gasteiger partial charge in [0.2, 0.25) is 0 Å². The highest BCUT2D eigenvalue weighted by Crippen LogP contribution is 2.32. The van der Waals surface area contributed by atoms with Crippen LogP contribution in [0.25, 0.3) is 10.8 Å². The summed E-state index contributed by atoms with van der Waals surface area (Å²) in [6, 6.07) is 21.6. The van der Waals surface area contributed by atoms with Gasteiger partial charge in [0.05, 0.1) is 7.11 Å². The van der Waals surface area contributed by atoms with Gasteiger partial charge in [0.1, 0.15) is 30.5 Å². The number of methoxy groups -OCH3 is 1. The Morgan fingerprint density at radius 3 is 1.95 bits per heavy atom. The molecule has 22 heavy (non-hydrogen) atoms. The Hall–Kier alpha value is -2.68. The molecule has 3 aromatic carbocycles. The van der Waals surface area contributed by atoms with E-state index in [1.807, 2.05) is 66.7 Å². The van der Waals surface area contributed by atoms with Crippen LogP contribution in [-0.2, 0) is 0 Å². The van der Waals surface area contributed by atoms with Gasteiger partial charge in [-0.2, -0.15) is 0 Å². The zero-order valence-corrected chi connectivity index (χ0v) is 12.5. The number of hydrogen-bond acceptors (Lipinski definition) is 3. The molecule has 0 aromatic heterocycles. The van der Waals surface area contributed by atoms with Crippen LogP contribution in [0.1, 0.15) is 0 Å². The first-order chi connectivity index (χ1) is 10.9. The zero-order valence-electron chi connectivity index (χ0n) is 12.5. The van der Waals surface area contributed by atoms with Crippen molar-refractivity contribution in [1.29, 1.82) is 0 Å². The van der Waals surface area contributed by atoms with E-state index < -0.39 is 0 Å². The number of benzene rings is 3. The molecule has 3 rings (SSSR count). The fourth-order valence-corrected chi connectivity index (χ4v) is 2.38. The number of fused-ring (bicyclic) bond motifs is 1. The van der Waals surface area contributed by atoms with Gasteiger partial charge in [-0.3, -0.25) is 0 Å². The third kappa shape index (κ3) is 3.14. The fraction of sp³-hybridized carbons (Fsp3) is 0.158. The summed E-state index contributed by atoms with van der Waals surface area (Å²) in [7, 11) is 1.68. The lowest BCUT2D eigenvalue weighted by molar-refractivity contribution is 0.218. The van der Waals surface area contributed by atoms with Crippen LogP contribution in [0, 0.1) is 0 Å². The van der Waals surface area contributed by atoms with E-state index in [4.69, 9.17) is 14.2 Å². The third-order valence-electron chi connectivity index (χ3n) is 3.42. The third-order valence-corrected chi connectivity index (χ3v) is 3.42. The van der Waals surface area contributed by atoms with Crippen LogP contribution in [0.15, 0.2) is 66.7 Å². The Bertz CT molecular complexity index is 738. The summed E-state index contributed by atoms with van der Waals surface area (Å²) in [6.07, 6.45) is 0. The summed E-state index contributed by atoms with van der Waals surface area (Å²) < 4.78 is 16.9. The first-order valence-electron chi connectivity index (χ1n) is 7.25. The average Bonchev–Trinajstić information content (AvgIpc) is 2.59. The molecule has 3 aromatic rings. The maximum absolute atomic E-state index is 5.86. The Morgan fingerprint density at radius 2 is 1.23 bits per heavy atom. The summed E-state index contributed by atoms with van der Waals surface area (Å²) in [5.74, 6) is 2.54. The van der Waals surface area contributed by atoms with Crippen molar-refractivity contribution in [1.82, 2.24) is 0 Å². The van der Waals surface area contributed by atoms with Gasteiger partial charge in [0.25, 0.3) is 0 Å². The molecule has 3 nitrogen and oxygen atoms in total. The number of hydrogen-bond donors (Lipinski definition) is 0. The minimum Gasteiger partial charge on any atom is -0.496 e. The minimum absolute atomic E-state index is 0.491. The van der Waals surface area contributed by atoms with Crippen LogP contribution in [0.3, 0.4) is 0 Å². The fourth-order valence-electron chi connectivity index (χ4n) is 2.38. The lowest BCUT2D eigenvalue weighted by Gasteiger charge is -2.12. The van der Waals surface area contributed by atoms with Crippen molar-refractivity contribution in [3.8, 4) is 17.2 Å². The van der Waals surface area contributed by atoms with Crippen LogP contribution in [-0.4, -0.2) is 20.3 Å². The topological polar surface area (TPSA) is 27.7 Å². The number of rotatable bonds is 6. The Balaban J connectivity index is 1.67. The SMILES string of the molecule is COc1ccc(OCCOc2ccccc2)c2ccccc12. The van der Waals surface area contributed by atoms with Crippen LogP contribution in [0.5, 0.6) is 17.2 Å². The number of para-hydroxylation sites is 1. The first-order valence-corrected chi connectivity index (χ1v) is 7.25. The molecule has 112 valence electrons. The first kappa shape index (κ1) is 14.3. The van der Waals surface area contributed by atoms with Crippen molar-refractivity contribution in [2.24, 2.45) is 0 Å². The summed E-state index contributed by atoms with van der Waals surface area (Å²) in [5.41, 5.74) is 0. The lowest BCUT2D eigenvalue weighted by atomic mass is 10.1. The molecule has 0 unspecified atom stereocenters. The van der Waals surface area contributed by atoms with Crippen LogP contribution >= 0.6 is 0 Å². The zero-order chi connectivity index (χ0) is 15.2. The minimum atomic E-state index is 0.491. The highest BCUT2D eigenvalue weighted by atomic mass is 16.5. The van der Waals surface area contributed by atoms with Gasteiger partial charge in [-0.1, -0.05) is 42.5 Å². The summed E-state index contributed by atoms with van der Waals surface area (Å²) in [6.45, 7) is 0.996. The van der Waals surface area contributed by atoms with E-state index in [1.54, 1.807) is 7.11 Å². The van der Waals surface area contributed by atoms with Crippen LogP contribution in [0.4, 0.5) is 0 Å². The van der Waals surface area contributed by atoms with Crippen molar-refractivity contribution in [3.63, 3.8) is 0 Å². The van der Waals surface area contributed by atoms with Crippen molar-refractivity contribution >= 4 is 10.8 Å². The second-order valence-corrected chi connectivity index (χ2v) is 4.82. The molecule has 0 spiro atoms. The standard InChI is InChI=1S/C19H18O3/c1-20-18-11-12-19(17-10-6-5-9-16(17)18)22-14-13-21-15-7-3-2-4-8-15/h2-12H,13-14H2,1H3. The molecule has 0 aliphatic carbocycles. The molecule has 0 aliphatic rings. The van der Waals surface area contributed by atoms with Gasteiger partial charge in [-0.05, 0) is 24.3 Å². The highest BCUT2D eigenvalue weighted by molar-refractivity contribution is 5.93. The van der Waals surface area contributed by atoms with Gasteiger partial charge in [0, 0.05) is 10.8 Å². The Labute approximate surface area is 130 Å². The quantitative estimate of drug-likeness (QED) is 0.634. The molecule has 0 aliphatic heterocycles. The number of ether oxygens (including phenoxy) is 3. The van der Waals surface area contributed by atoms with Gasteiger partial charge >= 0.3 is 0 Å². The molecule has 0 heterocycles. The van der Waals surface area contributed by atoms with Gasteiger partial charge in [0.15, 0.2) is 0 Å². The second kappa shape index (κ2) is 6.85. The molecule has 0 saturated carbocycles. The molecule has 0 N–H and O–H groups in total. The van der Waals surface area contributed by atoms with E-state index in [1.165, 1.54) is 0 Å². The monoisotopic (exact) mass is 294 g/mol. The summed E-state index contributed by atoms with van der Waals surface area (Å²) >= 11 is 0. The predicted octanol–water partition coefficient (Wildman–Crippen LogP) is 4.31. The molecule has 0 radical (unpaired) electrons. The molecule has 0 amide bonds. The summed E-state index contributed by atoms with van der Waals surface area (Å²) in [4.78, 5) is 0. The van der Waals surface area contributed by atoms with E-state index in [0.717, 1.165) is 28.0 Å². The summed E-state index contributed by atoms with van der Waals surface area (Å²) in [5, 5.41) is 2.09. The van der Waals surface area contributed by atoms with Crippen LogP contribution < -0.4 is 14.2 Å². The molecule has 0 saturated heterocycles. The van der Waals surface area contributed by atoms with Gasteiger partial charge in [-0.15, -0.1) is 0 Å². The van der Waals surface area contributed by atoms with E-state index >= 15 is 0 Å². The van der Waals surface area contributed by atoms with E-state index in [9.17, 15) is 0 Å². The van der Waals surface area contributed by atoms with Crippen LogP contribution in [0.2, 0.25) is 0 Å². The Morgan fingerprint density at radius 1 is 0.636 bits per heavy atom. The van der Waals surface area contributed by atoms with E-state index in [0.29, 0.717) is 13.2 Å². The normalized spacial score (nSPS) is 10.4. The maximum Gasteiger partial charge on any atom is 0.127 e. The second-order valence-electron chi connectivity index (χ2n) is 4.82. The van der Waals surface area contributed by atoms with E-state index in [2.05, 4.69) is 0 Å². The van der Waals surface area contributed by atoms with Crippen molar-refractivity contribution < 1.29 is 14.2 Å². The largest absolute Gasteiger partial charge is 0.496 e. The highest BCUT2D eigenvalue weighted by Gasteiger charge is 2.06. The lowest BCUT2D eigenvalue weighted by Crippen LogP contribution is -2.09. The average molecular weight is 294 g/mol. The predicted molar refractivity (Wildman–Crippen MR) is 87.9 cm³/mol. The van der Waals surface area contributed by atoms with Crippen molar-refractivity contribution in [2.75, 3.05) is 20.3 Å². The molecule has 3 heteroatoms. The van der Waals surface area contributed by atoms with Gasteiger partial charge in [-0.25, -0.2) is 0 Å². The Kier molecular flexibility index (Phi) is 4.44. The van der Waals surface area contributed by atoms with Gasteiger partial charge < -0.3 is 14.2 Å². The van der Waals surface area contributed by atoms with Crippen molar-refractivity contribution in [3.05, 3.63) is 66.7 Å². The molecule has 0 fully saturated rings. The molecular weight excluding hydrogens is 276 g/mol. The molecule has 0 atom stereocenters. The maximum atomic E-state index is 5.86. The van der Waals surface area contributed by atoms with Crippen molar-refractivity contribution in [2.45, 2.75) is 0 Å². The smallest absolute Gasteiger partial charge is 0.127 e. The molecule has 0 bridgehead atoms.